The van der Waals surface area contributed by atoms with Crippen LogP contribution >= 0.6 is 0 Å². The fraction of sp³-hybridized carbons (Fsp3) is 0.579. The molecule has 1 aromatic rings. The van der Waals surface area contributed by atoms with Gasteiger partial charge in [-0.3, -0.25) is 0 Å². The highest BCUT2D eigenvalue weighted by molar-refractivity contribution is 6.02. The van der Waals surface area contributed by atoms with Crippen LogP contribution in [0.5, 0.6) is 11.5 Å². The topological polar surface area (TPSA) is 66.4 Å². The predicted octanol–water partition coefficient (Wildman–Crippen LogP) is 3.46. The van der Waals surface area contributed by atoms with E-state index in [9.17, 15) is 4.79 Å². The Morgan fingerprint density at radius 1 is 1.24 bits per heavy atom. The van der Waals surface area contributed by atoms with E-state index in [-0.39, 0.29) is 12.2 Å². The second-order valence-electron chi connectivity index (χ2n) is 6.51. The number of esters is 1. The molecule has 6 nitrogen and oxygen atoms in total. The number of oxime groups is 1. The van der Waals surface area contributed by atoms with E-state index in [0.717, 1.165) is 30.5 Å². The van der Waals surface area contributed by atoms with Crippen molar-refractivity contribution in [2.24, 2.45) is 5.16 Å². The molecule has 1 heterocycles. The Bertz CT molecular complexity index is 649. The lowest BCUT2D eigenvalue weighted by Gasteiger charge is -2.30. The lowest BCUT2D eigenvalue weighted by molar-refractivity contribution is -0.145. The summed E-state index contributed by atoms with van der Waals surface area (Å²) in [5.74, 6) is 0.665. The fourth-order valence-electron chi connectivity index (χ4n) is 3.45. The maximum absolute atomic E-state index is 11.5. The summed E-state index contributed by atoms with van der Waals surface area (Å²) >= 11 is 0. The average molecular weight is 347 g/mol. The normalized spacial score (nSPS) is 18.4. The number of carbonyl (C=O) groups is 1. The lowest BCUT2D eigenvalue weighted by Crippen LogP contribution is -2.31. The van der Waals surface area contributed by atoms with Crippen LogP contribution in [0.3, 0.4) is 0 Å². The van der Waals surface area contributed by atoms with E-state index >= 15 is 0 Å². The van der Waals surface area contributed by atoms with Crippen molar-refractivity contribution in [1.29, 1.82) is 0 Å². The van der Waals surface area contributed by atoms with Gasteiger partial charge in [0.2, 0.25) is 0 Å². The van der Waals surface area contributed by atoms with E-state index in [1.807, 2.05) is 18.2 Å². The Morgan fingerprint density at radius 3 is 2.76 bits per heavy atom. The number of carbonyl (C=O) groups excluding carboxylic acids is 1. The summed E-state index contributed by atoms with van der Waals surface area (Å²) in [4.78, 5) is 17.3. The van der Waals surface area contributed by atoms with Gasteiger partial charge in [-0.1, -0.05) is 11.6 Å². The summed E-state index contributed by atoms with van der Waals surface area (Å²) in [6.07, 6.45) is 6.59. The third kappa shape index (κ3) is 4.06. The Labute approximate surface area is 148 Å². The fourth-order valence-corrected chi connectivity index (χ4v) is 3.45. The standard InChI is InChI=1S/C19H25NO5/c1-3-23-18(21)13-24-17-11-14(7-8-16(17)22-2)15-12-19(25-20-15)9-5-4-6-10-19/h7-8,11H,3-6,9-10,12-13H2,1-2H3. The second kappa shape index (κ2) is 7.76. The molecule has 1 fully saturated rings. The number of benzene rings is 1. The summed E-state index contributed by atoms with van der Waals surface area (Å²) < 4.78 is 15.8. The van der Waals surface area contributed by atoms with Gasteiger partial charge in [0.25, 0.3) is 0 Å². The molecular formula is C19H25NO5. The van der Waals surface area contributed by atoms with Gasteiger partial charge in [0.1, 0.15) is 5.60 Å². The van der Waals surface area contributed by atoms with Gasteiger partial charge in [-0.05, 0) is 50.8 Å². The van der Waals surface area contributed by atoms with Crippen LogP contribution in [0.4, 0.5) is 0 Å². The predicted molar refractivity (Wildman–Crippen MR) is 93.2 cm³/mol. The number of methoxy groups -OCH3 is 1. The van der Waals surface area contributed by atoms with E-state index in [2.05, 4.69) is 5.16 Å². The summed E-state index contributed by atoms with van der Waals surface area (Å²) in [5.41, 5.74) is 1.73. The maximum Gasteiger partial charge on any atom is 0.344 e. The van der Waals surface area contributed by atoms with E-state index in [0.29, 0.717) is 18.1 Å². The third-order valence-corrected chi connectivity index (χ3v) is 4.75. The minimum atomic E-state index is -0.405. The van der Waals surface area contributed by atoms with Gasteiger partial charge >= 0.3 is 5.97 Å². The highest BCUT2D eigenvalue weighted by Crippen LogP contribution is 2.40. The molecule has 2 aliphatic rings. The smallest absolute Gasteiger partial charge is 0.344 e. The number of ether oxygens (including phenoxy) is 3. The molecule has 136 valence electrons. The average Bonchev–Trinajstić information content (AvgIpc) is 3.04. The van der Waals surface area contributed by atoms with Crippen molar-refractivity contribution in [1.82, 2.24) is 0 Å². The van der Waals surface area contributed by atoms with Crippen LogP contribution in [0, 0.1) is 0 Å². The van der Waals surface area contributed by atoms with E-state index in [1.165, 1.54) is 19.3 Å². The molecule has 1 aliphatic heterocycles. The van der Waals surface area contributed by atoms with Gasteiger partial charge in [0.15, 0.2) is 18.1 Å². The molecular weight excluding hydrogens is 322 g/mol. The van der Waals surface area contributed by atoms with Crippen LogP contribution < -0.4 is 9.47 Å². The number of rotatable bonds is 6. The first kappa shape index (κ1) is 17.6. The van der Waals surface area contributed by atoms with E-state index in [4.69, 9.17) is 19.0 Å². The van der Waals surface area contributed by atoms with Crippen LogP contribution in [0.1, 0.15) is 51.0 Å². The Balaban J connectivity index is 1.72. The Kier molecular flexibility index (Phi) is 5.46. The molecule has 0 saturated heterocycles. The van der Waals surface area contributed by atoms with Crippen LogP contribution in [-0.4, -0.2) is 37.6 Å². The summed E-state index contributed by atoms with van der Waals surface area (Å²) in [6, 6.07) is 5.62. The third-order valence-electron chi connectivity index (χ3n) is 4.75. The molecule has 0 amide bonds. The molecule has 0 atom stereocenters. The number of nitrogens with zero attached hydrogens (tertiary/aromatic N) is 1. The second-order valence-corrected chi connectivity index (χ2v) is 6.51. The molecule has 0 unspecified atom stereocenters. The van der Waals surface area contributed by atoms with Crippen molar-refractivity contribution < 1.29 is 23.8 Å². The van der Waals surface area contributed by atoms with Crippen molar-refractivity contribution in [3.05, 3.63) is 23.8 Å². The zero-order chi connectivity index (χ0) is 17.7. The molecule has 1 aliphatic carbocycles. The van der Waals surface area contributed by atoms with Crippen molar-refractivity contribution in [2.45, 2.75) is 51.0 Å². The van der Waals surface area contributed by atoms with Crippen molar-refractivity contribution in [3.63, 3.8) is 0 Å². The highest BCUT2D eigenvalue weighted by Gasteiger charge is 2.40. The zero-order valence-corrected chi connectivity index (χ0v) is 14.9. The Morgan fingerprint density at radius 2 is 2.04 bits per heavy atom. The molecule has 0 radical (unpaired) electrons. The Hall–Kier alpha value is -2.24. The minimum absolute atomic E-state index is 0.126. The maximum atomic E-state index is 11.5. The van der Waals surface area contributed by atoms with Crippen LogP contribution in [0.2, 0.25) is 0 Å². The quantitative estimate of drug-likeness (QED) is 0.737. The molecule has 1 saturated carbocycles. The first-order chi connectivity index (χ1) is 12.2. The first-order valence-electron chi connectivity index (χ1n) is 8.88. The summed E-state index contributed by atoms with van der Waals surface area (Å²) in [7, 11) is 1.57. The number of hydrogen-bond acceptors (Lipinski definition) is 6. The molecule has 6 heteroatoms. The van der Waals surface area contributed by atoms with Crippen LogP contribution in [0.15, 0.2) is 23.4 Å². The number of hydrogen-bond donors (Lipinski definition) is 0. The van der Waals surface area contributed by atoms with Crippen LogP contribution in [0.25, 0.3) is 0 Å². The van der Waals surface area contributed by atoms with Gasteiger partial charge < -0.3 is 19.0 Å². The van der Waals surface area contributed by atoms with Gasteiger partial charge in [-0.15, -0.1) is 0 Å². The van der Waals surface area contributed by atoms with Crippen LogP contribution in [-0.2, 0) is 14.4 Å². The summed E-state index contributed by atoms with van der Waals surface area (Å²) in [5, 5.41) is 4.33. The molecule has 1 aromatic carbocycles. The van der Waals surface area contributed by atoms with E-state index < -0.39 is 5.97 Å². The molecule has 0 bridgehead atoms. The van der Waals surface area contributed by atoms with Gasteiger partial charge in [-0.2, -0.15) is 0 Å². The molecule has 25 heavy (non-hydrogen) atoms. The van der Waals surface area contributed by atoms with Gasteiger partial charge in [0.05, 0.1) is 19.4 Å². The van der Waals surface area contributed by atoms with Crippen molar-refractivity contribution in [2.75, 3.05) is 20.3 Å². The summed E-state index contributed by atoms with van der Waals surface area (Å²) in [6.45, 7) is 1.94. The minimum Gasteiger partial charge on any atom is -0.493 e. The molecule has 1 spiro atoms. The highest BCUT2D eigenvalue weighted by atomic mass is 16.7. The monoisotopic (exact) mass is 347 g/mol. The first-order valence-corrected chi connectivity index (χ1v) is 8.88. The van der Waals surface area contributed by atoms with Crippen molar-refractivity contribution >= 4 is 11.7 Å². The zero-order valence-electron chi connectivity index (χ0n) is 14.9. The van der Waals surface area contributed by atoms with E-state index in [1.54, 1.807) is 14.0 Å². The van der Waals surface area contributed by atoms with Crippen molar-refractivity contribution in [3.8, 4) is 11.5 Å². The molecule has 3 rings (SSSR count). The lowest BCUT2D eigenvalue weighted by atomic mass is 9.81. The largest absolute Gasteiger partial charge is 0.493 e. The van der Waals surface area contributed by atoms with Gasteiger partial charge in [-0.25, -0.2) is 4.79 Å². The molecule has 0 N–H and O–H groups in total. The van der Waals surface area contributed by atoms with Gasteiger partial charge in [0, 0.05) is 12.0 Å². The SMILES string of the molecule is CCOC(=O)COc1cc(C2=NOC3(CCCCC3)C2)ccc1OC. The molecule has 0 aromatic heterocycles.